The molecule has 0 spiro atoms. The summed E-state index contributed by atoms with van der Waals surface area (Å²) in [6.45, 7) is 2.03. The van der Waals surface area contributed by atoms with Crippen LogP contribution in [-0.4, -0.2) is 42.3 Å². The van der Waals surface area contributed by atoms with Crippen LogP contribution in [0.3, 0.4) is 0 Å². The quantitative estimate of drug-likeness (QED) is 0.562. The molecule has 0 radical (unpaired) electrons. The average molecular weight is 427 g/mol. The van der Waals surface area contributed by atoms with Gasteiger partial charge in [0.2, 0.25) is 11.8 Å². The van der Waals surface area contributed by atoms with Crippen LogP contribution in [0.2, 0.25) is 0 Å². The number of fused-ring (bicyclic) bond motifs is 1. The zero-order valence-electron chi connectivity index (χ0n) is 16.9. The molecule has 2 aromatic rings. The van der Waals surface area contributed by atoms with Gasteiger partial charge in [-0.1, -0.05) is 18.2 Å². The largest absolute Gasteiger partial charge is 0.322 e. The van der Waals surface area contributed by atoms with Crippen LogP contribution in [0.15, 0.2) is 35.7 Å². The summed E-state index contributed by atoms with van der Waals surface area (Å²) in [7, 11) is 1.96. The van der Waals surface area contributed by atoms with Crippen molar-refractivity contribution in [3.05, 3.63) is 57.3 Å². The van der Waals surface area contributed by atoms with E-state index in [1.165, 1.54) is 4.88 Å². The Hall–Kier alpha value is -2.55. The maximum Gasteiger partial charge on any atom is 0.255 e. The Kier molecular flexibility index (Phi) is 6.26. The van der Waals surface area contributed by atoms with Crippen molar-refractivity contribution >= 4 is 29.1 Å². The number of carbonyl (C=O) groups is 3. The summed E-state index contributed by atoms with van der Waals surface area (Å²) in [6.07, 6.45) is 1.64. The molecule has 2 atom stereocenters. The van der Waals surface area contributed by atoms with Crippen molar-refractivity contribution in [3.63, 3.8) is 0 Å². The van der Waals surface area contributed by atoms with Gasteiger partial charge in [0, 0.05) is 36.0 Å². The highest BCUT2D eigenvalue weighted by atomic mass is 32.1. The minimum absolute atomic E-state index is 0.135. The Balaban J connectivity index is 1.43. The second-order valence-corrected chi connectivity index (χ2v) is 8.71. The molecule has 30 heavy (non-hydrogen) atoms. The summed E-state index contributed by atoms with van der Waals surface area (Å²) in [5, 5.41) is 11.3. The first-order valence-corrected chi connectivity index (χ1v) is 11.1. The van der Waals surface area contributed by atoms with Crippen molar-refractivity contribution in [2.75, 3.05) is 13.6 Å². The third-order valence-corrected chi connectivity index (χ3v) is 6.70. The Morgan fingerprint density at radius 3 is 2.87 bits per heavy atom. The molecule has 1 fully saturated rings. The van der Waals surface area contributed by atoms with E-state index in [2.05, 4.69) is 39.5 Å². The third kappa shape index (κ3) is 4.30. The molecule has 2 aliphatic rings. The first-order chi connectivity index (χ1) is 14.6. The summed E-state index contributed by atoms with van der Waals surface area (Å²) < 4.78 is 0. The minimum atomic E-state index is -0.575. The number of rotatable bonds is 8. The predicted molar refractivity (Wildman–Crippen MR) is 115 cm³/mol. The van der Waals surface area contributed by atoms with Gasteiger partial charge in [-0.25, -0.2) is 0 Å². The highest BCUT2D eigenvalue weighted by Crippen LogP contribution is 2.29. The van der Waals surface area contributed by atoms with E-state index in [9.17, 15) is 14.4 Å². The van der Waals surface area contributed by atoms with E-state index in [1.54, 1.807) is 16.2 Å². The number of amides is 3. The molecule has 8 heteroatoms. The SMILES string of the molecule is CNCC[C@@H](NCc1ccc2c(c1)CN(C1CCC(=O)NC1=O)C2=O)c1cccs1. The molecule has 3 heterocycles. The Morgan fingerprint density at radius 2 is 2.13 bits per heavy atom. The maximum atomic E-state index is 12.8. The first kappa shape index (κ1) is 20.7. The standard InChI is InChI=1S/C22H26N4O3S/c1-23-9-8-17(19-3-2-10-30-19)24-12-14-4-5-16-15(11-14)13-26(22(16)29)18-6-7-20(27)25-21(18)28/h2-5,10-11,17-18,23-24H,6-9,12-13H2,1H3,(H,25,27,28)/t17-,18?/m1/s1. The summed E-state index contributed by atoms with van der Waals surface area (Å²) in [5.74, 6) is -0.783. The van der Waals surface area contributed by atoms with E-state index in [0.717, 1.165) is 24.1 Å². The molecule has 0 aliphatic carbocycles. The van der Waals surface area contributed by atoms with Crippen LogP contribution in [0, 0.1) is 0 Å². The van der Waals surface area contributed by atoms with Gasteiger partial charge in [-0.05, 0) is 55.1 Å². The number of hydrogen-bond acceptors (Lipinski definition) is 6. The van der Waals surface area contributed by atoms with Crippen LogP contribution < -0.4 is 16.0 Å². The molecular formula is C22H26N4O3S. The van der Waals surface area contributed by atoms with Crippen molar-refractivity contribution in [2.24, 2.45) is 0 Å². The molecule has 0 bridgehead atoms. The zero-order valence-corrected chi connectivity index (χ0v) is 17.8. The van der Waals surface area contributed by atoms with Crippen LogP contribution in [0.4, 0.5) is 0 Å². The average Bonchev–Trinajstić information content (AvgIpc) is 3.37. The molecule has 1 aromatic heterocycles. The molecule has 7 nitrogen and oxygen atoms in total. The van der Waals surface area contributed by atoms with Gasteiger partial charge < -0.3 is 15.5 Å². The van der Waals surface area contributed by atoms with Crippen LogP contribution in [0.5, 0.6) is 0 Å². The molecule has 158 valence electrons. The Morgan fingerprint density at radius 1 is 1.27 bits per heavy atom. The number of hydrogen-bond donors (Lipinski definition) is 3. The van der Waals surface area contributed by atoms with Crippen LogP contribution >= 0.6 is 11.3 Å². The van der Waals surface area contributed by atoms with Gasteiger partial charge in [-0.2, -0.15) is 0 Å². The molecule has 3 amide bonds. The second-order valence-electron chi connectivity index (χ2n) is 7.73. The van der Waals surface area contributed by atoms with E-state index >= 15 is 0 Å². The summed E-state index contributed by atoms with van der Waals surface area (Å²) in [6, 6.07) is 9.79. The third-order valence-electron chi connectivity index (χ3n) is 5.71. The van der Waals surface area contributed by atoms with Crippen LogP contribution in [0.25, 0.3) is 0 Å². The fourth-order valence-electron chi connectivity index (χ4n) is 4.10. The minimum Gasteiger partial charge on any atom is -0.322 e. The Bertz CT molecular complexity index is 944. The molecule has 1 saturated heterocycles. The number of benzene rings is 1. The normalized spacial score (nSPS) is 19.7. The molecular weight excluding hydrogens is 400 g/mol. The fraction of sp³-hybridized carbons (Fsp3) is 0.409. The second kappa shape index (κ2) is 9.07. The van der Waals surface area contributed by atoms with Crippen molar-refractivity contribution < 1.29 is 14.4 Å². The molecule has 3 N–H and O–H groups in total. The van der Waals surface area contributed by atoms with Gasteiger partial charge in [-0.15, -0.1) is 11.3 Å². The van der Waals surface area contributed by atoms with Gasteiger partial charge in [0.05, 0.1) is 0 Å². The topological polar surface area (TPSA) is 90.5 Å². The van der Waals surface area contributed by atoms with Crippen molar-refractivity contribution in [1.82, 2.24) is 20.9 Å². The number of nitrogens with zero attached hydrogens (tertiary/aromatic N) is 1. The molecule has 4 rings (SSSR count). The van der Waals surface area contributed by atoms with E-state index in [1.807, 2.05) is 19.2 Å². The first-order valence-electron chi connectivity index (χ1n) is 10.2. The highest BCUT2D eigenvalue weighted by Gasteiger charge is 2.39. The van der Waals surface area contributed by atoms with Crippen molar-refractivity contribution in [1.29, 1.82) is 0 Å². The van der Waals surface area contributed by atoms with Gasteiger partial charge >= 0.3 is 0 Å². The van der Waals surface area contributed by atoms with E-state index in [-0.39, 0.29) is 30.2 Å². The summed E-state index contributed by atoms with van der Waals surface area (Å²) in [4.78, 5) is 39.3. The predicted octanol–water partition coefficient (Wildman–Crippen LogP) is 1.95. The van der Waals surface area contributed by atoms with E-state index in [0.29, 0.717) is 25.1 Å². The molecule has 1 unspecified atom stereocenters. The molecule has 0 saturated carbocycles. The summed E-state index contributed by atoms with van der Waals surface area (Å²) in [5.41, 5.74) is 2.69. The number of imide groups is 1. The van der Waals surface area contributed by atoms with Gasteiger partial charge in [0.25, 0.3) is 5.91 Å². The smallest absolute Gasteiger partial charge is 0.255 e. The lowest BCUT2D eigenvalue weighted by atomic mass is 10.0. The lowest BCUT2D eigenvalue weighted by molar-refractivity contribution is -0.136. The number of nitrogens with one attached hydrogen (secondary N) is 3. The summed E-state index contributed by atoms with van der Waals surface area (Å²) >= 11 is 1.75. The van der Waals surface area contributed by atoms with Gasteiger partial charge in [-0.3, -0.25) is 19.7 Å². The molecule has 1 aromatic carbocycles. The van der Waals surface area contributed by atoms with Crippen LogP contribution in [0.1, 0.15) is 51.7 Å². The lowest BCUT2D eigenvalue weighted by Crippen LogP contribution is -2.52. The fourth-order valence-corrected chi connectivity index (χ4v) is 4.94. The lowest BCUT2D eigenvalue weighted by Gasteiger charge is -2.29. The maximum absolute atomic E-state index is 12.8. The van der Waals surface area contributed by atoms with Crippen LogP contribution in [-0.2, 0) is 22.7 Å². The van der Waals surface area contributed by atoms with Crippen molar-refractivity contribution in [3.8, 4) is 0 Å². The van der Waals surface area contributed by atoms with E-state index in [4.69, 9.17) is 0 Å². The van der Waals surface area contributed by atoms with E-state index < -0.39 is 6.04 Å². The van der Waals surface area contributed by atoms with Crippen molar-refractivity contribution in [2.45, 2.75) is 44.4 Å². The number of thiophene rings is 1. The van der Waals surface area contributed by atoms with Gasteiger partial charge in [0.15, 0.2) is 0 Å². The number of carbonyl (C=O) groups excluding carboxylic acids is 3. The zero-order chi connectivity index (χ0) is 21.1. The highest BCUT2D eigenvalue weighted by molar-refractivity contribution is 7.10. The Labute approximate surface area is 179 Å². The van der Waals surface area contributed by atoms with Gasteiger partial charge in [0.1, 0.15) is 6.04 Å². The molecule has 2 aliphatic heterocycles. The number of piperidine rings is 1. The monoisotopic (exact) mass is 426 g/mol.